The topological polar surface area (TPSA) is 49.4 Å². The Morgan fingerprint density at radius 3 is 2.62 bits per heavy atom. The Labute approximate surface area is 153 Å². The fourth-order valence-corrected chi connectivity index (χ4v) is 3.25. The molecule has 0 saturated carbocycles. The molecular weight excluding hydrogens is 331 g/mol. The number of halogens is 1. The summed E-state index contributed by atoms with van der Waals surface area (Å²) >= 11 is 0. The van der Waals surface area contributed by atoms with E-state index < -0.39 is 11.7 Å². The molecule has 2 amide bonds. The largest absolute Gasteiger partial charge is 0.353 e. The summed E-state index contributed by atoms with van der Waals surface area (Å²) in [4.78, 5) is 26.1. The highest BCUT2D eigenvalue weighted by molar-refractivity contribution is 6.00. The highest BCUT2D eigenvalue weighted by Gasteiger charge is 2.36. The van der Waals surface area contributed by atoms with Gasteiger partial charge < -0.3 is 10.2 Å². The third kappa shape index (κ3) is 4.28. The second kappa shape index (κ2) is 8.13. The number of carbonyl (C=O) groups is 2. The van der Waals surface area contributed by atoms with Crippen LogP contribution in [0.3, 0.4) is 0 Å². The monoisotopic (exact) mass is 354 g/mol. The van der Waals surface area contributed by atoms with E-state index in [0.717, 1.165) is 12.8 Å². The highest BCUT2D eigenvalue weighted by atomic mass is 19.1. The lowest BCUT2D eigenvalue weighted by Crippen LogP contribution is -2.38. The molecule has 3 rings (SSSR count). The molecule has 0 unspecified atom stereocenters. The Balaban J connectivity index is 1.54. The Morgan fingerprint density at radius 1 is 1.19 bits per heavy atom. The van der Waals surface area contributed by atoms with Crippen LogP contribution in [0.2, 0.25) is 0 Å². The van der Waals surface area contributed by atoms with Crippen LogP contribution in [-0.2, 0) is 16.0 Å². The first-order valence-electron chi connectivity index (χ1n) is 8.94. The van der Waals surface area contributed by atoms with Gasteiger partial charge in [-0.05, 0) is 37.5 Å². The number of aryl methyl sites for hydroxylation is 1. The molecule has 136 valence electrons. The summed E-state index contributed by atoms with van der Waals surface area (Å²) in [5.41, 5.74) is 1.47. The summed E-state index contributed by atoms with van der Waals surface area (Å²) in [6, 6.07) is 16.3. The van der Waals surface area contributed by atoms with E-state index in [4.69, 9.17) is 0 Å². The van der Waals surface area contributed by atoms with Crippen molar-refractivity contribution in [2.45, 2.75) is 32.2 Å². The van der Waals surface area contributed by atoms with E-state index in [-0.39, 0.29) is 36.5 Å². The number of nitrogens with zero attached hydrogens (tertiary/aromatic N) is 1. The average molecular weight is 354 g/mol. The molecule has 0 radical (unpaired) electrons. The van der Waals surface area contributed by atoms with Crippen molar-refractivity contribution in [3.63, 3.8) is 0 Å². The number of amides is 2. The lowest BCUT2D eigenvalue weighted by molar-refractivity contribution is -0.126. The molecule has 0 aliphatic carbocycles. The SMILES string of the molecule is C[C@@H](CCc1ccccc1)NC(=O)[C@H]1CC(=O)N(c2ccccc2F)C1. The molecule has 0 bridgehead atoms. The number of hydrogen-bond acceptors (Lipinski definition) is 2. The van der Waals surface area contributed by atoms with Gasteiger partial charge in [-0.15, -0.1) is 0 Å². The van der Waals surface area contributed by atoms with Crippen molar-refractivity contribution < 1.29 is 14.0 Å². The average Bonchev–Trinajstić information content (AvgIpc) is 3.03. The van der Waals surface area contributed by atoms with E-state index in [0.29, 0.717) is 0 Å². The van der Waals surface area contributed by atoms with Crippen LogP contribution in [0.1, 0.15) is 25.3 Å². The first-order chi connectivity index (χ1) is 12.5. The molecule has 1 aliphatic heterocycles. The summed E-state index contributed by atoms with van der Waals surface area (Å²) in [5, 5.41) is 2.99. The molecule has 26 heavy (non-hydrogen) atoms. The summed E-state index contributed by atoms with van der Waals surface area (Å²) in [7, 11) is 0. The van der Waals surface area contributed by atoms with Crippen LogP contribution < -0.4 is 10.2 Å². The van der Waals surface area contributed by atoms with Crippen molar-refractivity contribution in [2.24, 2.45) is 5.92 Å². The van der Waals surface area contributed by atoms with Crippen molar-refractivity contribution in [2.75, 3.05) is 11.4 Å². The molecule has 2 aromatic rings. The quantitative estimate of drug-likeness (QED) is 0.865. The molecule has 1 N–H and O–H groups in total. The fraction of sp³-hybridized carbons (Fsp3) is 0.333. The molecule has 2 aromatic carbocycles. The molecule has 5 heteroatoms. The molecule has 0 spiro atoms. The number of nitrogens with one attached hydrogen (secondary N) is 1. The van der Waals surface area contributed by atoms with Crippen LogP contribution in [0.5, 0.6) is 0 Å². The fourth-order valence-electron chi connectivity index (χ4n) is 3.25. The maximum atomic E-state index is 13.9. The summed E-state index contributed by atoms with van der Waals surface area (Å²) < 4.78 is 13.9. The lowest BCUT2D eigenvalue weighted by Gasteiger charge is -2.19. The van der Waals surface area contributed by atoms with E-state index in [1.807, 2.05) is 25.1 Å². The van der Waals surface area contributed by atoms with Crippen LogP contribution in [0, 0.1) is 11.7 Å². The molecule has 1 saturated heterocycles. The number of carbonyl (C=O) groups excluding carboxylic acids is 2. The number of para-hydroxylation sites is 1. The standard InChI is InChI=1S/C21H23FN2O2/c1-15(11-12-16-7-3-2-4-8-16)23-21(26)17-13-20(25)24(14-17)19-10-6-5-9-18(19)22/h2-10,15,17H,11-14H2,1H3,(H,23,26)/t15-,17-/m0/s1. The molecule has 2 atom stereocenters. The lowest BCUT2D eigenvalue weighted by atomic mass is 10.0. The van der Waals surface area contributed by atoms with Gasteiger partial charge >= 0.3 is 0 Å². The zero-order valence-electron chi connectivity index (χ0n) is 14.8. The maximum absolute atomic E-state index is 13.9. The molecule has 1 fully saturated rings. The second-order valence-electron chi connectivity index (χ2n) is 6.79. The predicted molar refractivity (Wildman–Crippen MR) is 99.2 cm³/mol. The van der Waals surface area contributed by atoms with E-state index in [1.54, 1.807) is 18.2 Å². The Bertz CT molecular complexity index is 779. The third-order valence-electron chi connectivity index (χ3n) is 4.74. The van der Waals surface area contributed by atoms with Gasteiger partial charge in [-0.1, -0.05) is 42.5 Å². The molecule has 1 aliphatic rings. The number of hydrogen-bond donors (Lipinski definition) is 1. The minimum absolute atomic E-state index is 0.0142. The molecule has 1 heterocycles. The van der Waals surface area contributed by atoms with Crippen LogP contribution in [0.25, 0.3) is 0 Å². The van der Waals surface area contributed by atoms with Gasteiger partial charge in [-0.3, -0.25) is 9.59 Å². The molecule has 4 nitrogen and oxygen atoms in total. The van der Waals surface area contributed by atoms with E-state index >= 15 is 0 Å². The number of rotatable bonds is 6. The van der Waals surface area contributed by atoms with Gasteiger partial charge in [0.25, 0.3) is 0 Å². The van der Waals surface area contributed by atoms with Crippen molar-refractivity contribution >= 4 is 17.5 Å². The Kier molecular flexibility index (Phi) is 5.66. The van der Waals surface area contributed by atoms with Gasteiger partial charge in [0, 0.05) is 19.0 Å². The molecule has 0 aromatic heterocycles. The predicted octanol–water partition coefficient (Wildman–Crippen LogP) is 3.32. The van der Waals surface area contributed by atoms with Crippen molar-refractivity contribution in [1.82, 2.24) is 5.32 Å². The van der Waals surface area contributed by atoms with Gasteiger partial charge in [-0.2, -0.15) is 0 Å². The highest BCUT2D eigenvalue weighted by Crippen LogP contribution is 2.27. The smallest absolute Gasteiger partial charge is 0.227 e. The zero-order valence-corrected chi connectivity index (χ0v) is 14.8. The minimum atomic E-state index is -0.446. The number of anilines is 1. The first kappa shape index (κ1) is 18.1. The van der Waals surface area contributed by atoms with Gasteiger partial charge in [0.15, 0.2) is 0 Å². The maximum Gasteiger partial charge on any atom is 0.227 e. The minimum Gasteiger partial charge on any atom is -0.353 e. The van der Waals surface area contributed by atoms with Gasteiger partial charge in [0.2, 0.25) is 11.8 Å². The summed E-state index contributed by atoms with van der Waals surface area (Å²) in [5.74, 6) is -1.25. The summed E-state index contributed by atoms with van der Waals surface area (Å²) in [6.45, 7) is 2.18. The number of benzene rings is 2. The molecular formula is C21H23FN2O2. The van der Waals surface area contributed by atoms with Crippen molar-refractivity contribution in [3.8, 4) is 0 Å². The zero-order chi connectivity index (χ0) is 18.5. The van der Waals surface area contributed by atoms with E-state index in [9.17, 15) is 14.0 Å². The van der Waals surface area contributed by atoms with Crippen LogP contribution in [-0.4, -0.2) is 24.4 Å². The van der Waals surface area contributed by atoms with Crippen molar-refractivity contribution in [1.29, 1.82) is 0 Å². The van der Waals surface area contributed by atoms with Gasteiger partial charge in [0.1, 0.15) is 5.82 Å². The van der Waals surface area contributed by atoms with E-state index in [2.05, 4.69) is 17.4 Å². The second-order valence-corrected chi connectivity index (χ2v) is 6.79. The van der Waals surface area contributed by atoms with Crippen LogP contribution in [0.15, 0.2) is 54.6 Å². The first-order valence-corrected chi connectivity index (χ1v) is 8.94. The van der Waals surface area contributed by atoms with Crippen LogP contribution in [0.4, 0.5) is 10.1 Å². The van der Waals surface area contributed by atoms with E-state index in [1.165, 1.54) is 16.5 Å². The van der Waals surface area contributed by atoms with Gasteiger partial charge in [-0.25, -0.2) is 4.39 Å². The Morgan fingerprint density at radius 2 is 1.88 bits per heavy atom. The van der Waals surface area contributed by atoms with Crippen molar-refractivity contribution in [3.05, 3.63) is 66.0 Å². The van der Waals surface area contributed by atoms with Gasteiger partial charge in [0.05, 0.1) is 11.6 Å². The summed E-state index contributed by atoms with van der Waals surface area (Å²) in [6.07, 6.45) is 1.83. The third-order valence-corrected chi connectivity index (χ3v) is 4.74. The van der Waals surface area contributed by atoms with Crippen LogP contribution >= 0.6 is 0 Å². The Hall–Kier alpha value is -2.69. The normalized spacial score (nSPS) is 18.0.